The molecule has 1 aromatic heterocycles. The number of ether oxygens (including phenoxy) is 1. The van der Waals surface area contributed by atoms with Gasteiger partial charge in [0.1, 0.15) is 5.75 Å². The zero-order valence-electron chi connectivity index (χ0n) is 15.4. The maximum absolute atomic E-state index is 9.52. The van der Waals surface area contributed by atoms with Crippen LogP contribution in [0.1, 0.15) is 18.1 Å². The van der Waals surface area contributed by atoms with Crippen LogP contribution in [0.5, 0.6) is 5.75 Å². The lowest BCUT2D eigenvalue weighted by atomic mass is 10.0. The Morgan fingerprint density at radius 3 is 2.50 bits per heavy atom. The number of aromatic nitrogens is 1. The van der Waals surface area contributed by atoms with Crippen LogP contribution >= 0.6 is 11.3 Å². The fraction of sp³-hybridized carbons (Fsp3) is 0.286. The van der Waals surface area contributed by atoms with Crippen molar-refractivity contribution in [1.82, 2.24) is 4.57 Å². The summed E-state index contributed by atoms with van der Waals surface area (Å²) in [5, 5.41) is 11.6. The van der Waals surface area contributed by atoms with Crippen LogP contribution in [-0.2, 0) is 6.54 Å². The second-order valence-electron chi connectivity index (χ2n) is 6.12. The topological polar surface area (TPSA) is 46.8 Å². The minimum Gasteiger partial charge on any atom is -0.494 e. The van der Waals surface area contributed by atoms with Gasteiger partial charge < -0.3 is 14.4 Å². The number of aryl methyl sites for hydroxylation is 2. The highest BCUT2D eigenvalue weighted by atomic mass is 32.1. The van der Waals surface area contributed by atoms with Crippen molar-refractivity contribution in [1.29, 1.82) is 0 Å². The first kappa shape index (κ1) is 18.4. The van der Waals surface area contributed by atoms with E-state index >= 15 is 0 Å². The summed E-state index contributed by atoms with van der Waals surface area (Å²) in [6.45, 7) is 7.44. The third-order valence-corrected chi connectivity index (χ3v) is 5.16. The summed E-state index contributed by atoms with van der Waals surface area (Å²) in [4.78, 5) is 5.63. The molecule has 0 spiro atoms. The molecule has 5 heteroatoms. The molecule has 3 aromatic rings. The zero-order chi connectivity index (χ0) is 18.5. The van der Waals surface area contributed by atoms with Crippen LogP contribution < -0.4 is 9.54 Å². The number of aliphatic hydroxyl groups is 1. The number of hydrogen-bond donors (Lipinski definition) is 1. The van der Waals surface area contributed by atoms with Crippen molar-refractivity contribution in [2.45, 2.75) is 27.3 Å². The van der Waals surface area contributed by atoms with Crippen LogP contribution in [0.25, 0.3) is 11.3 Å². The number of benzene rings is 2. The van der Waals surface area contributed by atoms with Gasteiger partial charge in [-0.25, -0.2) is 4.99 Å². The van der Waals surface area contributed by atoms with Crippen LogP contribution in [-0.4, -0.2) is 22.9 Å². The van der Waals surface area contributed by atoms with Gasteiger partial charge >= 0.3 is 0 Å². The molecule has 3 rings (SSSR count). The summed E-state index contributed by atoms with van der Waals surface area (Å²) in [5.74, 6) is 0.844. The van der Waals surface area contributed by atoms with Crippen molar-refractivity contribution in [2.24, 2.45) is 4.99 Å². The first-order valence-electron chi connectivity index (χ1n) is 8.76. The average molecular weight is 369 g/mol. The SMILES string of the molecule is CCOc1ccc(N=c2scc(-c3ccc(C)c(C)c3)n2CCO)cc1. The van der Waals surface area contributed by atoms with Gasteiger partial charge in [-0.1, -0.05) is 12.1 Å². The second kappa shape index (κ2) is 8.34. The van der Waals surface area contributed by atoms with Gasteiger partial charge in [-0.15, -0.1) is 11.3 Å². The molecule has 4 nitrogen and oxygen atoms in total. The molecular formula is C21H24N2O2S. The first-order valence-corrected chi connectivity index (χ1v) is 9.64. The van der Waals surface area contributed by atoms with Gasteiger partial charge in [-0.2, -0.15) is 0 Å². The van der Waals surface area contributed by atoms with Crippen LogP contribution in [0.4, 0.5) is 5.69 Å². The smallest absolute Gasteiger partial charge is 0.190 e. The minimum absolute atomic E-state index is 0.0744. The maximum atomic E-state index is 9.52. The third kappa shape index (κ3) is 4.06. The molecule has 0 radical (unpaired) electrons. The van der Waals surface area contributed by atoms with Crippen molar-refractivity contribution in [3.05, 3.63) is 63.8 Å². The van der Waals surface area contributed by atoms with Crippen molar-refractivity contribution in [3.63, 3.8) is 0 Å². The molecule has 0 fully saturated rings. The van der Waals surface area contributed by atoms with Crippen molar-refractivity contribution in [2.75, 3.05) is 13.2 Å². The molecule has 0 bridgehead atoms. The van der Waals surface area contributed by atoms with Gasteiger partial charge in [0.15, 0.2) is 4.80 Å². The van der Waals surface area contributed by atoms with Gasteiger partial charge in [-0.3, -0.25) is 0 Å². The van der Waals surface area contributed by atoms with Gasteiger partial charge in [0, 0.05) is 11.9 Å². The average Bonchev–Trinajstić information content (AvgIpc) is 3.02. The number of nitrogens with zero attached hydrogens (tertiary/aromatic N) is 2. The standard InChI is InChI=1S/C21H24N2O2S/c1-4-25-19-9-7-18(8-10-19)22-21-23(11-12-24)20(14-26-21)17-6-5-15(2)16(3)13-17/h5-10,13-14,24H,4,11-12H2,1-3H3. The normalized spacial score (nSPS) is 11.8. The molecule has 2 aromatic carbocycles. The molecule has 1 N–H and O–H groups in total. The highest BCUT2D eigenvalue weighted by Crippen LogP contribution is 2.24. The van der Waals surface area contributed by atoms with E-state index in [0.717, 1.165) is 27.5 Å². The molecule has 1 heterocycles. The second-order valence-corrected chi connectivity index (χ2v) is 6.95. The van der Waals surface area contributed by atoms with Crippen molar-refractivity contribution >= 4 is 17.0 Å². The quantitative estimate of drug-likeness (QED) is 0.698. The van der Waals surface area contributed by atoms with E-state index in [1.165, 1.54) is 11.1 Å². The summed E-state index contributed by atoms with van der Waals surface area (Å²) in [7, 11) is 0. The molecule has 0 aliphatic heterocycles. The zero-order valence-corrected chi connectivity index (χ0v) is 16.2. The number of hydrogen-bond acceptors (Lipinski definition) is 4. The number of thiazole rings is 1. The van der Waals surface area contributed by atoms with Gasteiger partial charge in [0.2, 0.25) is 0 Å². The molecule has 0 atom stereocenters. The fourth-order valence-electron chi connectivity index (χ4n) is 2.76. The maximum Gasteiger partial charge on any atom is 0.190 e. The summed E-state index contributed by atoms with van der Waals surface area (Å²) in [6.07, 6.45) is 0. The monoisotopic (exact) mass is 368 g/mol. The Morgan fingerprint density at radius 2 is 1.85 bits per heavy atom. The molecule has 26 heavy (non-hydrogen) atoms. The summed E-state index contributed by atoms with van der Waals surface area (Å²) in [5.41, 5.74) is 5.63. The van der Waals surface area contributed by atoms with E-state index in [1.807, 2.05) is 31.2 Å². The predicted octanol–water partition coefficient (Wildman–Crippen LogP) is 4.46. The van der Waals surface area contributed by atoms with E-state index in [1.54, 1.807) is 11.3 Å². The van der Waals surface area contributed by atoms with Gasteiger partial charge in [0.05, 0.1) is 24.6 Å². The largest absolute Gasteiger partial charge is 0.494 e. The van der Waals surface area contributed by atoms with Crippen LogP contribution in [0.15, 0.2) is 52.8 Å². The highest BCUT2D eigenvalue weighted by molar-refractivity contribution is 7.07. The van der Waals surface area contributed by atoms with Crippen molar-refractivity contribution in [3.8, 4) is 17.0 Å². The predicted molar refractivity (Wildman–Crippen MR) is 107 cm³/mol. The Hall–Kier alpha value is -2.37. The lowest BCUT2D eigenvalue weighted by Crippen LogP contribution is -2.17. The lowest BCUT2D eigenvalue weighted by molar-refractivity contribution is 0.275. The van der Waals surface area contributed by atoms with Crippen molar-refractivity contribution < 1.29 is 9.84 Å². The molecule has 0 saturated heterocycles. The summed E-state index contributed by atoms with van der Waals surface area (Å²) < 4.78 is 7.55. The molecule has 0 amide bonds. The Balaban J connectivity index is 2.02. The fourth-order valence-corrected chi connectivity index (χ4v) is 3.72. The van der Waals surface area contributed by atoms with E-state index in [2.05, 4.69) is 42.0 Å². The molecule has 136 valence electrons. The lowest BCUT2D eigenvalue weighted by Gasteiger charge is -2.09. The van der Waals surface area contributed by atoms with Crippen LogP contribution in [0.2, 0.25) is 0 Å². The van der Waals surface area contributed by atoms with Gasteiger partial charge in [0.25, 0.3) is 0 Å². The molecule has 0 aliphatic rings. The Kier molecular flexibility index (Phi) is 5.91. The molecule has 0 unspecified atom stereocenters. The van der Waals surface area contributed by atoms with Crippen LogP contribution in [0, 0.1) is 13.8 Å². The van der Waals surface area contributed by atoms with E-state index in [9.17, 15) is 5.11 Å². The third-order valence-electron chi connectivity index (χ3n) is 4.30. The number of rotatable bonds is 6. The first-order chi connectivity index (χ1) is 12.6. The Bertz CT molecular complexity index is 939. The van der Waals surface area contributed by atoms with E-state index in [0.29, 0.717) is 13.2 Å². The Labute approximate surface area is 158 Å². The minimum atomic E-state index is 0.0744. The molecule has 0 saturated carbocycles. The van der Waals surface area contributed by atoms with Crippen LogP contribution in [0.3, 0.4) is 0 Å². The molecule has 0 aliphatic carbocycles. The summed E-state index contributed by atoms with van der Waals surface area (Å²) in [6, 6.07) is 14.2. The molecular weight excluding hydrogens is 344 g/mol. The number of aliphatic hydroxyl groups excluding tert-OH is 1. The Morgan fingerprint density at radius 1 is 1.08 bits per heavy atom. The van der Waals surface area contributed by atoms with Gasteiger partial charge in [-0.05, 0) is 67.8 Å². The van der Waals surface area contributed by atoms with E-state index in [-0.39, 0.29) is 6.61 Å². The van der Waals surface area contributed by atoms with E-state index in [4.69, 9.17) is 9.73 Å². The van der Waals surface area contributed by atoms with E-state index < -0.39 is 0 Å². The highest BCUT2D eigenvalue weighted by Gasteiger charge is 2.09. The summed E-state index contributed by atoms with van der Waals surface area (Å²) >= 11 is 1.58.